The molecular formula is C17H26FN3O3S. The molecule has 0 bridgehead atoms. The number of rotatable bonds is 8. The summed E-state index contributed by atoms with van der Waals surface area (Å²) in [4.78, 5) is 13.9. The van der Waals surface area contributed by atoms with Gasteiger partial charge in [-0.05, 0) is 30.7 Å². The topological polar surface area (TPSA) is 69.7 Å². The number of nitrogens with zero attached hydrogens (tertiary/aromatic N) is 2. The Bertz CT molecular complexity index is 656. The highest BCUT2D eigenvalue weighted by Crippen LogP contribution is 2.17. The number of carbonyl (C=O) groups excluding carboxylic acids is 1. The molecule has 1 aromatic carbocycles. The number of unbranched alkanes of at least 4 members (excludes halogenated alkanes) is 2. The number of halogens is 1. The summed E-state index contributed by atoms with van der Waals surface area (Å²) >= 11 is 0. The Labute approximate surface area is 149 Å². The van der Waals surface area contributed by atoms with Crippen LogP contribution in [-0.4, -0.2) is 62.8 Å². The Morgan fingerprint density at radius 2 is 1.76 bits per heavy atom. The summed E-state index contributed by atoms with van der Waals surface area (Å²) in [6.45, 7) is 4.74. The molecule has 8 heteroatoms. The molecule has 0 aliphatic carbocycles. The van der Waals surface area contributed by atoms with Gasteiger partial charge in [-0.2, -0.15) is 4.31 Å². The van der Waals surface area contributed by atoms with Gasteiger partial charge in [-0.1, -0.05) is 19.8 Å². The molecule has 25 heavy (non-hydrogen) atoms. The largest absolute Gasteiger partial charge is 0.355 e. The zero-order valence-electron chi connectivity index (χ0n) is 14.6. The molecule has 1 aromatic rings. The quantitative estimate of drug-likeness (QED) is 0.702. The van der Waals surface area contributed by atoms with Crippen LogP contribution in [0.3, 0.4) is 0 Å². The van der Waals surface area contributed by atoms with E-state index in [0.29, 0.717) is 32.7 Å². The van der Waals surface area contributed by atoms with Gasteiger partial charge < -0.3 is 5.32 Å². The van der Waals surface area contributed by atoms with Gasteiger partial charge in [0, 0.05) is 32.7 Å². The second-order valence-electron chi connectivity index (χ2n) is 6.19. The van der Waals surface area contributed by atoms with Gasteiger partial charge in [0.25, 0.3) is 0 Å². The van der Waals surface area contributed by atoms with Crippen LogP contribution in [0, 0.1) is 5.82 Å². The van der Waals surface area contributed by atoms with Crippen LogP contribution in [0.5, 0.6) is 0 Å². The third kappa shape index (κ3) is 5.76. The first-order valence-corrected chi connectivity index (χ1v) is 10.1. The van der Waals surface area contributed by atoms with Crippen molar-refractivity contribution in [2.24, 2.45) is 0 Å². The van der Waals surface area contributed by atoms with Gasteiger partial charge in [0.15, 0.2) is 0 Å². The van der Waals surface area contributed by atoms with Gasteiger partial charge in [0.1, 0.15) is 5.82 Å². The lowest BCUT2D eigenvalue weighted by atomic mass is 10.2. The molecule has 2 rings (SSSR count). The monoisotopic (exact) mass is 371 g/mol. The fraction of sp³-hybridized carbons (Fsp3) is 0.588. The molecule has 1 aliphatic rings. The van der Waals surface area contributed by atoms with E-state index >= 15 is 0 Å². The maximum atomic E-state index is 13.0. The van der Waals surface area contributed by atoms with E-state index < -0.39 is 15.8 Å². The van der Waals surface area contributed by atoms with Crippen LogP contribution in [0.25, 0.3) is 0 Å². The van der Waals surface area contributed by atoms with Crippen molar-refractivity contribution in [2.75, 3.05) is 39.3 Å². The van der Waals surface area contributed by atoms with Crippen molar-refractivity contribution in [1.82, 2.24) is 14.5 Å². The Kier molecular flexibility index (Phi) is 7.34. The number of benzene rings is 1. The molecule has 1 amide bonds. The molecule has 0 radical (unpaired) electrons. The van der Waals surface area contributed by atoms with Gasteiger partial charge in [-0.15, -0.1) is 0 Å². The van der Waals surface area contributed by atoms with Crippen molar-refractivity contribution in [2.45, 2.75) is 31.1 Å². The van der Waals surface area contributed by atoms with Crippen molar-refractivity contribution in [1.29, 1.82) is 0 Å². The summed E-state index contributed by atoms with van der Waals surface area (Å²) < 4.78 is 39.4. The summed E-state index contributed by atoms with van der Waals surface area (Å²) in [5.41, 5.74) is 0. The van der Waals surface area contributed by atoms with Crippen LogP contribution >= 0.6 is 0 Å². The second-order valence-corrected chi connectivity index (χ2v) is 8.13. The van der Waals surface area contributed by atoms with Crippen molar-refractivity contribution in [3.8, 4) is 0 Å². The molecule has 0 aromatic heterocycles. The maximum absolute atomic E-state index is 13.0. The zero-order valence-corrected chi connectivity index (χ0v) is 15.4. The fourth-order valence-electron chi connectivity index (χ4n) is 2.75. The number of piperazine rings is 1. The predicted octanol–water partition coefficient (Wildman–Crippen LogP) is 1.44. The van der Waals surface area contributed by atoms with E-state index in [1.54, 1.807) is 0 Å². The van der Waals surface area contributed by atoms with Crippen molar-refractivity contribution in [3.63, 3.8) is 0 Å². The van der Waals surface area contributed by atoms with Gasteiger partial charge >= 0.3 is 0 Å². The second kappa shape index (κ2) is 9.26. The zero-order chi connectivity index (χ0) is 18.3. The first kappa shape index (κ1) is 19.8. The van der Waals surface area contributed by atoms with Gasteiger partial charge in [-0.25, -0.2) is 12.8 Å². The molecule has 140 valence electrons. The highest BCUT2D eigenvalue weighted by atomic mass is 32.2. The number of hydrogen-bond acceptors (Lipinski definition) is 4. The average molecular weight is 371 g/mol. The molecule has 0 spiro atoms. The summed E-state index contributed by atoms with van der Waals surface area (Å²) in [7, 11) is -3.61. The van der Waals surface area contributed by atoms with E-state index in [9.17, 15) is 17.6 Å². The van der Waals surface area contributed by atoms with Crippen molar-refractivity contribution < 1.29 is 17.6 Å². The Morgan fingerprint density at radius 3 is 2.36 bits per heavy atom. The van der Waals surface area contributed by atoms with E-state index in [1.807, 2.05) is 4.90 Å². The third-order valence-corrected chi connectivity index (χ3v) is 6.17. The molecule has 6 nitrogen and oxygen atoms in total. The van der Waals surface area contributed by atoms with Crippen LogP contribution in [0.4, 0.5) is 4.39 Å². The van der Waals surface area contributed by atoms with E-state index in [0.717, 1.165) is 31.4 Å². The number of carbonyl (C=O) groups is 1. The van der Waals surface area contributed by atoms with Gasteiger partial charge in [0.2, 0.25) is 15.9 Å². The molecule has 1 N–H and O–H groups in total. The molecule has 1 heterocycles. The normalized spacial score (nSPS) is 16.7. The standard InChI is InChI=1S/C17H26FN3O3S/c1-2-3-4-9-19-17(22)14-20-10-12-21(13-11-20)25(23,24)16-7-5-15(18)6-8-16/h5-8H,2-4,9-14H2,1H3,(H,19,22). The SMILES string of the molecule is CCCCCNC(=O)CN1CCN(S(=O)(=O)c2ccc(F)cc2)CC1. The third-order valence-electron chi connectivity index (χ3n) is 4.25. The molecule has 0 unspecified atom stereocenters. The Hall–Kier alpha value is -1.51. The van der Waals surface area contributed by atoms with Crippen molar-refractivity contribution >= 4 is 15.9 Å². The van der Waals surface area contributed by atoms with Crippen LogP contribution in [0.1, 0.15) is 26.2 Å². The first-order chi connectivity index (χ1) is 11.9. The van der Waals surface area contributed by atoms with E-state index in [2.05, 4.69) is 12.2 Å². The number of amides is 1. The summed E-state index contributed by atoms with van der Waals surface area (Å²) in [6, 6.07) is 4.85. The lowest BCUT2D eigenvalue weighted by Crippen LogP contribution is -2.51. The lowest BCUT2D eigenvalue weighted by Gasteiger charge is -2.33. The van der Waals surface area contributed by atoms with Gasteiger partial charge in [0.05, 0.1) is 11.4 Å². The van der Waals surface area contributed by atoms with E-state index in [4.69, 9.17) is 0 Å². The molecule has 1 aliphatic heterocycles. The average Bonchev–Trinajstić information content (AvgIpc) is 2.60. The number of sulfonamides is 1. The van der Waals surface area contributed by atoms with Crippen LogP contribution in [0.2, 0.25) is 0 Å². The minimum atomic E-state index is -3.61. The van der Waals surface area contributed by atoms with E-state index in [-0.39, 0.29) is 17.3 Å². The first-order valence-electron chi connectivity index (χ1n) is 8.68. The molecular weight excluding hydrogens is 345 g/mol. The molecule has 0 atom stereocenters. The molecule has 0 saturated carbocycles. The molecule has 1 saturated heterocycles. The Balaban J connectivity index is 1.81. The van der Waals surface area contributed by atoms with Crippen LogP contribution in [0.15, 0.2) is 29.2 Å². The smallest absolute Gasteiger partial charge is 0.243 e. The minimum absolute atomic E-state index is 0.0223. The fourth-order valence-corrected chi connectivity index (χ4v) is 4.17. The summed E-state index contributed by atoms with van der Waals surface area (Å²) in [5.74, 6) is -0.486. The van der Waals surface area contributed by atoms with Crippen LogP contribution in [-0.2, 0) is 14.8 Å². The highest BCUT2D eigenvalue weighted by molar-refractivity contribution is 7.89. The summed E-state index contributed by atoms with van der Waals surface area (Å²) in [6.07, 6.45) is 3.19. The lowest BCUT2D eigenvalue weighted by molar-refractivity contribution is -0.122. The highest BCUT2D eigenvalue weighted by Gasteiger charge is 2.28. The number of nitrogens with one attached hydrogen (secondary N) is 1. The van der Waals surface area contributed by atoms with Gasteiger partial charge in [-0.3, -0.25) is 9.69 Å². The maximum Gasteiger partial charge on any atom is 0.243 e. The summed E-state index contributed by atoms with van der Waals surface area (Å²) in [5, 5.41) is 2.89. The minimum Gasteiger partial charge on any atom is -0.355 e. The predicted molar refractivity (Wildman–Crippen MR) is 94.1 cm³/mol. The van der Waals surface area contributed by atoms with Crippen molar-refractivity contribution in [3.05, 3.63) is 30.1 Å². The number of hydrogen-bond donors (Lipinski definition) is 1. The van der Waals surface area contributed by atoms with Crippen LogP contribution < -0.4 is 5.32 Å². The molecule has 1 fully saturated rings. The Morgan fingerprint density at radius 1 is 1.12 bits per heavy atom. The van der Waals surface area contributed by atoms with E-state index in [1.165, 1.54) is 16.4 Å².